The quantitative estimate of drug-likeness (QED) is 0.751. The lowest BCUT2D eigenvalue weighted by Gasteiger charge is -2.30. The molecule has 0 saturated carbocycles. The minimum Gasteiger partial charge on any atom is -0.395 e. The molecule has 1 rings (SSSR count). The molecule has 0 aliphatic carbocycles. The zero-order valence-corrected chi connectivity index (χ0v) is 11.6. The summed E-state index contributed by atoms with van der Waals surface area (Å²) in [6.45, 7) is -0.0843. The number of benzene rings is 1. The maximum absolute atomic E-state index is 9.60. The highest BCUT2D eigenvalue weighted by Gasteiger charge is 2.30. The fourth-order valence-corrected chi connectivity index (χ4v) is 2.45. The van der Waals surface area contributed by atoms with Crippen LogP contribution < -0.4 is 0 Å². The molecule has 1 aromatic rings. The molecule has 96 valence electrons. The first-order valence-electron chi connectivity index (χ1n) is 5.65. The average Bonchev–Trinajstić information content (AvgIpc) is 2.37. The third-order valence-electron chi connectivity index (χ3n) is 3.07. The van der Waals surface area contributed by atoms with Gasteiger partial charge in [-0.15, -0.1) is 0 Å². The lowest BCUT2D eigenvalue weighted by molar-refractivity contribution is 0.109. The van der Waals surface area contributed by atoms with Crippen molar-refractivity contribution in [3.8, 4) is 0 Å². The smallest absolute Gasteiger partial charge is 0.0550 e. The predicted octanol–water partition coefficient (Wildman–Crippen LogP) is 2.71. The van der Waals surface area contributed by atoms with Crippen LogP contribution in [0, 0.1) is 0 Å². The summed E-state index contributed by atoms with van der Waals surface area (Å²) in [6.07, 6.45) is 3.81. The van der Waals surface area contributed by atoms with Gasteiger partial charge in [0, 0.05) is 10.4 Å². The van der Waals surface area contributed by atoms with E-state index in [4.69, 9.17) is 11.6 Å². The van der Waals surface area contributed by atoms with Gasteiger partial charge in [0.1, 0.15) is 0 Å². The van der Waals surface area contributed by atoms with Crippen molar-refractivity contribution in [3.05, 3.63) is 34.9 Å². The summed E-state index contributed by atoms with van der Waals surface area (Å²) in [7, 11) is 0. The SMILES string of the molecule is CSCCCC(CO)(CO)c1ccc(Cl)cc1. The van der Waals surface area contributed by atoms with Crippen molar-refractivity contribution in [1.82, 2.24) is 0 Å². The van der Waals surface area contributed by atoms with E-state index in [9.17, 15) is 10.2 Å². The number of rotatable bonds is 7. The van der Waals surface area contributed by atoms with Gasteiger partial charge >= 0.3 is 0 Å². The zero-order chi connectivity index (χ0) is 12.7. The molecule has 0 aliphatic heterocycles. The molecule has 0 heterocycles. The Labute approximate surface area is 112 Å². The molecular formula is C13H19ClO2S. The Bertz CT molecular complexity index is 323. The van der Waals surface area contributed by atoms with E-state index in [0.29, 0.717) is 5.02 Å². The average molecular weight is 275 g/mol. The van der Waals surface area contributed by atoms with Crippen LogP contribution in [0.15, 0.2) is 24.3 Å². The Morgan fingerprint density at radius 1 is 1.18 bits per heavy atom. The molecule has 1 aromatic carbocycles. The van der Waals surface area contributed by atoms with Crippen molar-refractivity contribution in [3.63, 3.8) is 0 Å². The first-order valence-corrected chi connectivity index (χ1v) is 7.42. The van der Waals surface area contributed by atoms with Gasteiger partial charge in [-0.2, -0.15) is 11.8 Å². The number of thioether (sulfide) groups is 1. The second kappa shape index (κ2) is 7.27. The molecule has 0 unspecified atom stereocenters. The monoisotopic (exact) mass is 274 g/mol. The summed E-state index contributed by atoms with van der Waals surface area (Å²) < 4.78 is 0. The van der Waals surface area contributed by atoms with Crippen LogP contribution in [-0.4, -0.2) is 35.4 Å². The third-order valence-corrected chi connectivity index (χ3v) is 4.01. The van der Waals surface area contributed by atoms with E-state index in [0.717, 1.165) is 24.2 Å². The molecule has 0 amide bonds. The molecule has 2 nitrogen and oxygen atoms in total. The highest BCUT2D eigenvalue weighted by Crippen LogP contribution is 2.30. The highest BCUT2D eigenvalue weighted by molar-refractivity contribution is 7.98. The molecule has 0 aromatic heterocycles. The Morgan fingerprint density at radius 3 is 2.24 bits per heavy atom. The van der Waals surface area contributed by atoms with Crippen molar-refractivity contribution < 1.29 is 10.2 Å². The topological polar surface area (TPSA) is 40.5 Å². The van der Waals surface area contributed by atoms with E-state index in [1.54, 1.807) is 23.9 Å². The Morgan fingerprint density at radius 2 is 1.76 bits per heavy atom. The standard InChI is InChI=1S/C13H19ClO2S/c1-17-8-2-7-13(9-15,10-16)11-3-5-12(14)6-4-11/h3-6,15-16H,2,7-10H2,1H3. The van der Waals surface area contributed by atoms with Crippen LogP contribution >= 0.6 is 23.4 Å². The Balaban J connectivity index is 2.85. The third kappa shape index (κ3) is 3.88. The summed E-state index contributed by atoms with van der Waals surface area (Å²) in [4.78, 5) is 0. The van der Waals surface area contributed by atoms with Crippen LogP contribution in [-0.2, 0) is 5.41 Å². The molecule has 0 fully saturated rings. The van der Waals surface area contributed by atoms with Crippen LogP contribution in [0.5, 0.6) is 0 Å². The second-order valence-corrected chi connectivity index (χ2v) is 5.62. The highest BCUT2D eigenvalue weighted by atomic mass is 35.5. The Kier molecular flexibility index (Phi) is 6.34. The van der Waals surface area contributed by atoms with Gasteiger partial charge in [0.15, 0.2) is 0 Å². The normalized spacial score (nSPS) is 11.8. The van der Waals surface area contributed by atoms with Gasteiger partial charge in [0.25, 0.3) is 0 Å². The van der Waals surface area contributed by atoms with Gasteiger partial charge in [-0.1, -0.05) is 23.7 Å². The molecular weight excluding hydrogens is 256 g/mol. The van der Waals surface area contributed by atoms with Gasteiger partial charge in [-0.3, -0.25) is 0 Å². The fourth-order valence-electron chi connectivity index (χ4n) is 1.89. The summed E-state index contributed by atoms with van der Waals surface area (Å²) in [5, 5.41) is 19.9. The summed E-state index contributed by atoms with van der Waals surface area (Å²) in [5.74, 6) is 1.04. The molecule has 4 heteroatoms. The summed E-state index contributed by atoms with van der Waals surface area (Å²) in [5.41, 5.74) is 0.411. The summed E-state index contributed by atoms with van der Waals surface area (Å²) in [6, 6.07) is 7.36. The lowest BCUT2D eigenvalue weighted by atomic mass is 9.78. The van der Waals surface area contributed by atoms with E-state index < -0.39 is 5.41 Å². The van der Waals surface area contributed by atoms with Crippen molar-refractivity contribution in [2.24, 2.45) is 0 Å². The first kappa shape index (κ1) is 14.8. The van der Waals surface area contributed by atoms with Crippen LogP contribution in [0.4, 0.5) is 0 Å². The minimum atomic E-state index is -0.541. The molecule has 17 heavy (non-hydrogen) atoms. The maximum atomic E-state index is 9.60. The predicted molar refractivity (Wildman–Crippen MR) is 74.9 cm³/mol. The minimum absolute atomic E-state index is 0.0421. The van der Waals surface area contributed by atoms with Crippen molar-refractivity contribution >= 4 is 23.4 Å². The first-order chi connectivity index (χ1) is 8.18. The van der Waals surface area contributed by atoms with Gasteiger partial charge in [0.2, 0.25) is 0 Å². The molecule has 0 atom stereocenters. The van der Waals surface area contributed by atoms with Gasteiger partial charge in [0.05, 0.1) is 13.2 Å². The number of aliphatic hydroxyl groups excluding tert-OH is 2. The molecule has 0 spiro atoms. The molecule has 2 N–H and O–H groups in total. The van der Waals surface area contributed by atoms with Gasteiger partial charge in [-0.05, 0) is 42.5 Å². The molecule has 0 bridgehead atoms. The zero-order valence-electron chi connectivity index (χ0n) is 10.0. The van der Waals surface area contributed by atoms with Crippen LogP contribution in [0.25, 0.3) is 0 Å². The van der Waals surface area contributed by atoms with Crippen LogP contribution in [0.2, 0.25) is 5.02 Å². The van der Waals surface area contributed by atoms with Crippen LogP contribution in [0.3, 0.4) is 0 Å². The van der Waals surface area contributed by atoms with E-state index in [1.807, 2.05) is 12.1 Å². The van der Waals surface area contributed by atoms with Crippen LogP contribution in [0.1, 0.15) is 18.4 Å². The molecule has 0 aliphatic rings. The van der Waals surface area contributed by atoms with Gasteiger partial charge < -0.3 is 10.2 Å². The number of hydrogen-bond acceptors (Lipinski definition) is 3. The molecule has 0 radical (unpaired) electrons. The van der Waals surface area contributed by atoms with E-state index in [2.05, 4.69) is 6.26 Å². The number of halogens is 1. The van der Waals surface area contributed by atoms with Crippen molar-refractivity contribution in [2.75, 3.05) is 25.2 Å². The van der Waals surface area contributed by atoms with Crippen molar-refractivity contribution in [1.29, 1.82) is 0 Å². The summed E-state index contributed by atoms with van der Waals surface area (Å²) >= 11 is 7.62. The number of hydrogen-bond donors (Lipinski definition) is 2. The van der Waals surface area contributed by atoms with E-state index in [-0.39, 0.29) is 13.2 Å². The maximum Gasteiger partial charge on any atom is 0.0550 e. The molecule has 0 saturated heterocycles. The van der Waals surface area contributed by atoms with E-state index >= 15 is 0 Å². The number of aliphatic hydroxyl groups is 2. The second-order valence-electron chi connectivity index (χ2n) is 4.20. The van der Waals surface area contributed by atoms with Crippen molar-refractivity contribution in [2.45, 2.75) is 18.3 Å². The largest absolute Gasteiger partial charge is 0.395 e. The Hall–Kier alpha value is -0.220. The fraction of sp³-hybridized carbons (Fsp3) is 0.538. The lowest BCUT2D eigenvalue weighted by Crippen LogP contribution is -2.35. The van der Waals surface area contributed by atoms with Gasteiger partial charge in [-0.25, -0.2) is 0 Å². The van der Waals surface area contributed by atoms with E-state index in [1.165, 1.54) is 0 Å².